The first-order valence-corrected chi connectivity index (χ1v) is 5.21. The lowest BCUT2D eigenvalue weighted by molar-refractivity contribution is -0.383. The quantitative estimate of drug-likeness (QED) is 0.636. The molecule has 16 heavy (non-hydrogen) atoms. The van der Waals surface area contributed by atoms with Crippen LogP contribution < -0.4 is 5.32 Å². The van der Waals surface area contributed by atoms with Crippen molar-refractivity contribution < 1.29 is 4.92 Å². The molecule has 0 aliphatic rings. The fraction of sp³-hybridized carbons (Fsp3) is 0.400. The Labute approximate surface area is 99.2 Å². The van der Waals surface area contributed by atoms with E-state index in [0.717, 1.165) is 6.54 Å². The lowest BCUT2D eigenvalue weighted by Gasteiger charge is -2.11. The molecule has 5 nitrogen and oxygen atoms in total. The molecule has 0 aliphatic carbocycles. The van der Waals surface area contributed by atoms with Crippen molar-refractivity contribution in [3.63, 3.8) is 0 Å². The van der Waals surface area contributed by atoms with Crippen LogP contribution in [0.15, 0.2) is 18.2 Å². The lowest BCUT2D eigenvalue weighted by Crippen LogP contribution is -2.21. The molecule has 88 valence electrons. The van der Waals surface area contributed by atoms with Crippen LogP contribution in [-0.4, -0.2) is 37.0 Å². The van der Waals surface area contributed by atoms with E-state index < -0.39 is 4.92 Å². The van der Waals surface area contributed by atoms with Crippen molar-refractivity contribution in [2.24, 2.45) is 0 Å². The number of benzene rings is 1. The molecule has 0 heterocycles. The predicted octanol–water partition coefficient (Wildman–Crippen LogP) is 2.22. The lowest BCUT2D eigenvalue weighted by atomic mass is 10.2. The van der Waals surface area contributed by atoms with Crippen LogP contribution in [-0.2, 0) is 0 Å². The number of anilines is 1. The minimum Gasteiger partial charge on any atom is -0.378 e. The summed E-state index contributed by atoms with van der Waals surface area (Å²) in [7, 11) is 3.88. The van der Waals surface area contributed by atoms with E-state index in [1.807, 2.05) is 19.0 Å². The Hall–Kier alpha value is -1.33. The first-order chi connectivity index (χ1) is 7.50. The van der Waals surface area contributed by atoms with Gasteiger partial charge in [-0.05, 0) is 26.2 Å². The number of nitrogens with zero attached hydrogens (tertiary/aromatic N) is 2. The average Bonchev–Trinajstić information content (AvgIpc) is 2.19. The second kappa shape index (κ2) is 5.67. The number of likely N-dealkylation sites (N-methyl/N-ethyl adjacent to an activating group) is 1. The third-order valence-corrected chi connectivity index (χ3v) is 2.27. The molecule has 0 atom stereocenters. The van der Waals surface area contributed by atoms with Crippen molar-refractivity contribution in [3.05, 3.63) is 33.3 Å². The molecule has 0 unspecified atom stereocenters. The second-order valence-electron chi connectivity index (χ2n) is 3.65. The first-order valence-electron chi connectivity index (χ1n) is 4.83. The number of halogens is 1. The number of hydrogen-bond donors (Lipinski definition) is 1. The van der Waals surface area contributed by atoms with E-state index in [1.54, 1.807) is 12.1 Å². The molecular formula is C10H14ClN3O2. The molecule has 6 heteroatoms. The van der Waals surface area contributed by atoms with Gasteiger partial charge in [-0.25, -0.2) is 0 Å². The molecule has 0 aliphatic heterocycles. The fourth-order valence-corrected chi connectivity index (χ4v) is 1.39. The zero-order chi connectivity index (χ0) is 12.1. The van der Waals surface area contributed by atoms with Gasteiger partial charge in [-0.2, -0.15) is 0 Å². The molecule has 0 fully saturated rings. The Morgan fingerprint density at radius 2 is 2.19 bits per heavy atom. The van der Waals surface area contributed by atoms with Gasteiger partial charge in [0.25, 0.3) is 5.69 Å². The summed E-state index contributed by atoms with van der Waals surface area (Å²) in [5, 5.41) is 14.1. The van der Waals surface area contributed by atoms with E-state index in [2.05, 4.69) is 5.32 Å². The largest absolute Gasteiger partial charge is 0.378 e. The SMILES string of the molecule is CN(C)CCNc1ccc(Cl)cc1[N+](=O)[O-]. The monoisotopic (exact) mass is 243 g/mol. The van der Waals surface area contributed by atoms with Crippen molar-refractivity contribution in [2.75, 3.05) is 32.5 Å². The molecule has 1 aromatic rings. The summed E-state index contributed by atoms with van der Waals surface area (Å²) in [5.41, 5.74) is 0.502. The number of nitrogens with one attached hydrogen (secondary N) is 1. The van der Waals surface area contributed by atoms with E-state index in [-0.39, 0.29) is 5.69 Å². The maximum atomic E-state index is 10.8. The van der Waals surface area contributed by atoms with E-state index in [9.17, 15) is 10.1 Å². The van der Waals surface area contributed by atoms with Gasteiger partial charge >= 0.3 is 0 Å². The topological polar surface area (TPSA) is 58.4 Å². The number of hydrogen-bond acceptors (Lipinski definition) is 4. The molecule has 1 rings (SSSR count). The highest BCUT2D eigenvalue weighted by Gasteiger charge is 2.13. The molecule has 1 N–H and O–H groups in total. The van der Waals surface area contributed by atoms with Crippen molar-refractivity contribution in [3.8, 4) is 0 Å². The number of nitro groups is 1. The summed E-state index contributed by atoms with van der Waals surface area (Å²) in [6.07, 6.45) is 0. The van der Waals surface area contributed by atoms with Crippen LogP contribution in [0.5, 0.6) is 0 Å². The van der Waals surface area contributed by atoms with Crippen molar-refractivity contribution in [2.45, 2.75) is 0 Å². The third kappa shape index (κ3) is 3.67. The maximum absolute atomic E-state index is 10.8. The Balaban J connectivity index is 2.75. The van der Waals surface area contributed by atoms with E-state index in [1.165, 1.54) is 6.07 Å². The third-order valence-electron chi connectivity index (χ3n) is 2.03. The summed E-state index contributed by atoms with van der Waals surface area (Å²) in [6, 6.07) is 4.60. The van der Waals surface area contributed by atoms with Crippen LogP contribution in [0.1, 0.15) is 0 Å². The maximum Gasteiger partial charge on any atom is 0.293 e. The molecule has 1 aromatic carbocycles. The van der Waals surface area contributed by atoms with Crippen molar-refractivity contribution in [1.29, 1.82) is 0 Å². The second-order valence-corrected chi connectivity index (χ2v) is 4.09. The summed E-state index contributed by atoms with van der Waals surface area (Å²) >= 11 is 5.70. The highest BCUT2D eigenvalue weighted by atomic mass is 35.5. The zero-order valence-corrected chi connectivity index (χ0v) is 9.99. The Bertz CT molecular complexity index is 382. The Morgan fingerprint density at radius 3 is 2.75 bits per heavy atom. The molecule has 0 spiro atoms. The summed E-state index contributed by atoms with van der Waals surface area (Å²) < 4.78 is 0. The van der Waals surface area contributed by atoms with E-state index in [4.69, 9.17) is 11.6 Å². The van der Waals surface area contributed by atoms with Gasteiger partial charge < -0.3 is 10.2 Å². The fourth-order valence-electron chi connectivity index (χ4n) is 1.22. The van der Waals surface area contributed by atoms with E-state index in [0.29, 0.717) is 17.3 Å². The zero-order valence-electron chi connectivity index (χ0n) is 9.24. The van der Waals surface area contributed by atoms with Crippen molar-refractivity contribution >= 4 is 23.0 Å². The van der Waals surface area contributed by atoms with Crippen LogP contribution in [0.25, 0.3) is 0 Å². The van der Waals surface area contributed by atoms with E-state index >= 15 is 0 Å². The van der Waals surface area contributed by atoms with Crippen molar-refractivity contribution in [1.82, 2.24) is 4.90 Å². The van der Waals surface area contributed by atoms with Gasteiger partial charge in [-0.1, -0.05) is 11.6 Å². The molecule has 0 saturated carbocycles. The molecule has 0 bridgehead atoms. The van der Waals surface area contributed by atoms with Gasteiger partial charge in [-0.15, -0.1) is 0 Å². The van der Waals surface area contributed by atoms with Crippen LogP contribution in [0, 0.1) is 10.1 Å². The van der Waals surface area contributed by atoms with Crippen LogP contribution in [0.2, 0.25) is 5.02 Å². The highest BCUT2D eigenvalue weighted by Crippen LogP contribution is 2.27. The minimum absolute atomic E-state index is 0.00579. The van der Waals surface area contributed by atoms with Gasteiger partial charge in [0.1, 0.15) is 5.69 Å². The van der Waals surface area contributed by atoms with Gasteiger partial charge in [0, 0.05) is 24.2 Å². The molecule has 0 amide bonds. The van der Waals surface area contributed by atoms with Gasteiger partial charge in [0.15, 0.2) is 0 Å². The average molecular weight is 244 g/mol. The molecule has 0 radical (unpaired) electrons. The smallest absolute Gasteiger partial charge is 0.293 e. The summed E-state index contributed by atoms with van der Waals surface area (Å²) in [4.78, 5) is 12.3. The standard InChI is InChI=1S/C10H14ClN3O2/c1-13(2)6-5-12-9-4-3-8(11)7-10(9)14(15)16/h3-4,7,12H,5-6H2,1-2H3. The van der Waals surface area contributed by atoms with Gasteiger partial charge in [0.05, 0.1) is 4.92 Å². The minimum atomic E-state index is -0.441. The van der Waals surface area contributed by atoms with Crippen LogP contribution >= 0.6 is 11.6 Å². The van der Waals surface area contributed by atoms with Crippen LogP contribution in [0.3, 0.4) is 0 Å². The molecule has 0 aromatic heterocycles. The normalized spacial score (nSPS) is 10.5. The highest BCUT2D eigenvalue weighted by molar-refractivity contribution is 6.30. The number of nitro benzene ring substituents is 1. The molecular weight excluding hydrogens is 230 g/mol. The Morgan fingerprint density at radius 1 is 1.50 bits per heavy atom. The first kappa shape index (κ1) is 12.7. The number of rotatable bonds is 5. The predicted molar refractivity (Wildman–Crippen MR) is 65.2 cm³/mol. The molecule has 0 saturated heterocycles. The van der Waals surface area contributed by atoms with Gasteiger partial charge in [0.2, 0.25) is 0 Å². The summed E-state index contributed by atoms with van der Waals surface area (Å²) in [6.45, 7) is 1.45. The van der Waals surface area contributed by atoms with Crippen LogP contribution in [0.4, 0.5) is 11.4 Å². The summed E-state index contributed by atoms with van der Waals surface area (Å²) in [5.74, 6) is 0. The van der Waals surface area contributed by atoms with Gasteiger partial charge in [-0.3, -0.25) is 10.1 Å². The Kier molecular flexibility index (Phi) is 4.52.